The third-order valence-corrected chi connectivity index (χ3v) is 2.98. The Labute approximate surface area is 125 Å². The second-order valence-electron chi connectivity index (χ2n) is 4.23. The molecule has 0 aliphatic rings. The normalized spacial score (nSPS) is 11.7. The van der Waals surface area contributed by atoms with Crippen LogP contribution in [0, 0.1) is 10.1 Å². The molecule has 8 heteroatoms. The van der Waals surface area contributed by atoms with E-state index in [0.717, 1.165) is 6.20 Å². The Morgan fingerprint density at radius 3 is 2.81 bits per heavy atom. The molecule has 21 heavy (non-hydrogen) atoms. The molecule has 0 saturated heterocycles. The van der Waals surface area contributed by atoms with Gasteiger partial charge in [0.15, 0.2) is 0 Å². The first-order valence-corrected chi connectivity index (χ1v) is 6.38. The zero-order chi connectivity index (χ0) is 15.4. The van der Waals surface area contributed by atoms with Crippen molar-refractivity contribution in [1.82, 2.24) is 15.3 Å². The van der Waals surface area contributed by atoms with Crippen molar-refractivity contribution in [3.05, 3.63) is 63.2 Å². The van der Waals surface area contributed by atoms with Gasteiger partial charge in [0.2, 0.25) is 0 Å². The Bertz CT molecular complexity index is 678. The molecular formula is C13H11ClN4O3. The quantitative estimate of drug-likeness (QED) is 0.531. The summed E-state index contributed by atoms with van der Waals surface area (Å²) in [6.07, 6.45) is 2.56. The lowest BCUT2D eigenvalue weighted by molar-refractivity contribution is -0.385. The maximum Gasteiger partial charge on any atom is 0.300 e. The highest BCUT2D eigenvalue weighted by Gasteiger charge is 2.23. The Kier molecular flexibility index (Phi) is 4.44. The van der Waals surface area contributed by atoms with E-state index in [-0.39, 0.29) is 10.7 Å². The zero-order valence-corrected chi connectivity index (χ0v) is 11.7. The van der Waals surface area contributed by atoms with Crippen LogP contribution >= 0.6 is 11.6 Å². The fourth-order valence-corrected chi connectivity index (χ4v) is 1.89. The highest BCUT2D eigenvalue weighted by atomic mass is 35.5. The molecule has 1 N–H and O–H groups in total. The van der Waals surface area contributed by atoms with Crippen LogP contribution in [0.5, 0.6) is 0 Å². The summed E-state index contributed by atoms with van der Waals surface area (Å²) in [6, 6.07) is 6.06. The number of nitrogens with zero attached hydrogens (tertiary/aromatic N) is 3. The van der Waals surface area contributed by atoms with Crippen molar-refractivity contribution in [3.8, 4) is 0 Å². The van der Waals surface area contributed by atoms with E-state index in [2.05, 4.69) is 15.3 Å². The number of aromatic nitrogens is 2. The molecule has 1 unspecified atom stereocenters. The van der Waals surface area contributed by atoms with Crippen LogP contribution < -0.4 is 5.32 Å². The molecule has 0 aliphatic heterocycles. The van der Waals surface area contributed by atoms with Gasteiger partial charge in [-0.3, -0.25) is 19.9 Å². The fraction of sp³-hybridized carbons (Fsp3) is 0.154. The predicted octanol–water partition coefficient (Wildman–Crippen LogP) is 2.53. The van der Waals surface area contributed by atoms with Gasteiger partial charge in [0.1, 0.15) is 16.9 Å². The van der Waals surface area contributed by atoms with E-state index in [1.54, 1.807) is 31.3 Å². The molecule has 1 amide bonds. The largest absolute Gasteiger partial charge is 0.344 e. The van der Waals surface area contributed by atoms with E-state index >= 15 is 0 Å². The molecule has 0 radical (unpaired) electrons. The van der Waals surface area contributed by atoms with Crippen molar-refractivity contribution >= 4 is 23.2 Å². The molecule has 2 heterocycles. The minimum absolute atomic E-state index is 0.0104. The van der Waals surface area contributed by atoms with Gasteiger partial charge in [0, 0.05) is 6.20 Å². The Morgan fingerprint density at radius 1 is 1.43 bits per heavy atom. The number of halogens is 1. The van der Waals surface area contributed by atoms with Crippen LogP contribution in [0.15, 0.2) is 36.7 Å². The molecule has 7 nitrogen and oxygen atoms in total. The van der Waals surface area contributed by atoms with E-state index in [0.29, 0.717) is 5.69 Å². The lowest BCUT2D eigenvalue weighted by atomic mass is 10.1. The number of rotatable bonds is 4. The number of nitrogens with one attached hydrogen (secondary N) is 1. The molecule has 1 atom stereocenters. The third-order valence-electron chi connectivity index (χ3n) is 2.77. The molecule has 0 saturated carbocycles. The molecule has 0 aliphatic carbocycles. The van der Waals surface area contributed by atoms with Gasteiger partial charge in [-0.15, -0.1) is 0 Å². The standard InChI is InChI=1S/C13H11ClN4O3/c1-8(10-4-2-3-5-15-10)17-13(19)9-6-12(14)16-7-11(9)18(20)21/h2-8H,1H3,(H,17,19). The van der Waals surface area contributed by atoms with Crippen molar-refractivity contribution in [3.63, 3.8) is 0 Å². The number of carbonyl (C=O) groups excluding carboxylic acids is 1. The zero-order valence-electron chi connectivity index (χ0n) is 11.0. The Hall–Kier alpha value is -2.54. The van der Waals surface area contributed by atoms with E-state index in [4.69, 9.17) is 11.6 Å². The molecule has 0 aromatic carbocycles. The van der Waals surface area contributed by atoms with E-state index in [9.17, 15) is 14.9 Å². The summed E-state index contributed by atoms with van der Waals surface area (Å²) in [5.41, 5.74) is 0.113. The van der Waals surface area contributed by atoms with Gasteiger partial charge < -0.3 is 5.32 Å². The first-order valence-electron chi connectivity index (χ1n) is 6.00. The van der Waals surface area contributed by atoms with Crippen LogP contribution in [0.1, 0.15) is 29.0 Å². The average Bonchev–Trinajstić information content (AvgIpc) is 2.47. The summed E-state index contributed by atoms with van der Waals surface area (Å²) in [5, 5.41) is 13.6. The molecule has 0 spiro atoms. The molecule has 0 bridgehead atoms. The minimum atomic E-state index is -0.677. The number of hydrogen-bond donors (Lipinski definition) is 1. The van der Waals surface area contributed by atoms with E-state index < -0.39 is 22.6 Å². The summed E-state index contributed by atoms with van der Waals surface area (Å²) < 4.78 is 0. The summed E-state index contributed by atoms with van der Waals surface area (Å²) in [5.74, 6) is -0.607. The molecule has 2 aromatic heterocycles. The van der Waals surface area contributed by atoms with Crippen molar-refractivity contribution < 1.29 is 9.72 Å². The molecule has 0 fully saturated rings. The average molecular weight is 307 g/mol. The summed E-state index contributed by atoms with van der Waals surface area (Å²) in [4.78, 5) is 30.1. The first-order chi connectivity index (χ1) is 9.99. The van der Waals surface area contributed by atoms with Gasteiger partial charge in [-0.2, -0.15) is 0 Å². The van der Waals surface area contributed by atoms with Crippen molar-refractivity contribution in [2.24, 2.45) is 0 Å². The van der Waals surface area contributed by atoms with Crippen LogP contribution in [-0.2, 0) is 0 Å². The summed E-state index contributed by atoms with van der Waals surface area (Å²) in [6.45, 7) is 1.73. The van der Waals surface area contributed by atoms with Crippen molar-refractivity contribution in [2.45, 2.75) is 13.0 Å². The van der Waals surface area contributed by atoms with Crippen molar-refractivity contribution in [1.29, 1.82) is 0 Å². The molecule has 108 valence electrons. The summed E-state index contributed by atoms with van der Waals surface area (Å²) in [7, 11) is 0. The van der Waals surface area contributed by atoms with E-state index in [1.165, 1.54) is 6.07 Å². The monoisotopic (exact) mass is 306 g/mol. The predicted molar refractivity (Wildman–Crippen MR) is 76.0 cm³/mol. The molecular weight excluding hydrogens is 296 g/mol. The second-order valence-corrected chi connectivity index (χ2v) is 4.62. The van der Waals surface area contributed by atoms with Crippen LogP contribution in [0.3, 0.4) is 0 Å². The van der Waals surface area contributed by atoms with Gasteiger partial charge in [-0.25, -0.2) is 4.98 Å². The molecule has 2 rings (SSSR count). The van der Waals surface area contributed by atoms with Crippen molar-refractivity contribution in [2.75, 3.05) is 0 Å². The number of nitro groups is 1. The van der Waals surface area contributed by atoms with Gasteiger partial charge in [-0.05, 0) is 25.1 Å². The topological polar surface area (TPSA) is 98.0 Å². The van der Waals surface area contributed by atoms with Crippen LogP contribution in [0.4, 0.5) is 5.69 Å². The maximum atomic E-state index is 12.2. The Morgan fingerprint density at radius 2 is 2.19 bits per heavy atom. The van der Waals surface area contributed by atoms with Crippen LogP contribution in [0.25, 0.3) is 0 Å². The van der Waals surface area contributed by atoms with Crippen LogP contribution in [-0.4, -0.2) is 20.8 Å². The minimum Gasteiger partial charge on any atom is -0.344 e. The summed E-state index contributed by atoms with van der Waals surface area (Å²) >= 11 is 5.69. The van der Waals surface area contributed by atoms with Crippen LogP contribution in [0.2, 0.25) is 5.15 Å². The van der Waals surface area contributed by atoms with E-state index in [1.807, 2.05) is 0 Å². The number of hydrogen-bond acceptors (Lipinski definition) is 5. The highest BCUT2D eigenvalue weighted by Crippen LogP contribution is 2.21. The van der Waals surface area contributed by atoms with Gasteiger partial charge in [0.05, 0.1) is 16.7 Å². The Balaban J connectivity index is 2.25. The maximum absolute atomic E-state index is 12.2. The van der Waals surface area contributed by atoms with Gasteiger partial charge in [-0.1, -0.05) is 17.7 Å². The molecule has 2 aromatic rings. The second kappa shape index (κ2) is 6.27. The first kappa shape index (κ1) is 14.9. The van der Waals surface area contributed by atoms with Gasteiger partial charge >= 0.3 is 0 Å². The smallest absolute Gasteiger partial charge is 0.300 e. The highest BCUT2D eigenvalue weighted by molar-refractivity contribution is 6.29. The number of amides is 1. The SMILES string of the molecule is CC(NC(=O)c1cc(Cl)ncc1[N+](=O)[O-])c1ccccn1. The lowest BCUT2D eigenvalue weighted by Gasteiger charge is -2.13. The third kappa shape index (κ3) is 3.51. The number of carbonyl (C=O) groups is 1. The van der Waals surface area contributed by atoms with Gasteiger partial charge in [0.25, 0.3) is 11.6 Å². The lowest BCUT2D eigenvalue weighted by Crippen LogP contribution is -2.27. The number of pyridine rings is 2. The fourth-order valence-electron chi connectivity index (χ4n) is 1.73.